The van der Waals surface area contributed by atoms with E-state index in [2.05, 4.69) is 5.32 Å². The molecule has 1 atom stereocenters. The van der Waals surface area contributed by atoms with E-state index in [0.717, 1.165) is 0 Å². The predicted octanol–water partition coefficient (Wildman–Crippen LogP) is 0.857. The van der Waals surface area contributed by atoms with Gasteiger partial charge in [-0.25, -0.2) is 0 Å². The van der Waals surface area contributed by atoms with Gasteiger partial charge in [-0.15, -0.1) is 0 Å². The van der Waals surface area contributed by atoms with Crippen LogP contribution >= 0.6 is 12.2 Å². The summed E-state index contributed by atoms with van der Waals surface area (Å²) in [5.74, 6) is 0.186. The van der Waals surface area contributed by atoms with Gasteiger partial charge in [0.2, 0.25) is 5.91 Å². The number of carbonyl (C=O) groups excluding carboxylic acids is 1. The first kappa shape index (κ1) is 16.3. The minimum atomic E-state index is -0.769. The van der Waals surface area contributed by atoms with E-state index in [9.17, 15) is 4.79 Å². The molecule has 1 rings (SSSR count). The van der Waals surface area contributed by atoms with Gasteiger partial charge in [0, 0.05) is 20.3 Å². The van der Waals surface area contributed by atoms with Gasteiger partial charge in [0.25, 0.3) is 0 Å². The molecule has 19 heavy (non-hydrogen) atoms. The second-order valence-electron chi connectivity index (χ2n) is 5.34. The lowest BCUT2D eigenvalue weighted by atomic mass is 9.78. The number of rotatable bonds is 6. The van der Waals surface area contributed by atoms with Crippen LogP contribution in [0.5, 0.6) is 0 Å². The maximum atomic E-state index is 12.6. The summed E-state index contributed by atoms with van der Waals surface area (Å²) in [6.07, 6.45) is 1.10. The van der Waals surface area contributed by atoms with Crippen LogP contribution in [-0.4, -0.2) is 43.9 Å². The highest BCUT2D eigenvalue weighted by Crippen LogP contribution is 2.31. The molecular weight excluding hydrogens is 264 g/mol. The number of nitrogens with two attached hydrogens (primary N) is 1. The van der Waals surface area contributed by atoms with Crippen molar-refractivity contribution in [2.45, 2.75) is 32.7 Å². The lowest BCUT2D eigenvalue weighted by Gasteiger charge is -2.36. The van der Waals surface area contributed by atoms with Crippen molar-refractivity contribution in [3.8, 4) is 0 Å². The number of hydrogen-bond donors (Lipinski definition) is 2. The van der Waals surface area contributed by atoms with Gasteiger partial charge in [-0.3, -0.25) is 4.79 Å². The fourth-order valence-corrected chi connectivity index (χ4v) is 2.49. The Morgan fingerprint density at radius 3 is 2.47 bits per heavy atom. The predicted molar refractivity (Wildman–Crippen MR) is 77.9 cm³/mol. The standard InChI is InChI=1S/C13H24N2O3S/c1-9(2)10(8-17-3)15-12(16)13(11(14)19)4-6-18-7-5-13/h9-10H,4-8H2,1-3H3,(H2,14,19)(H,15,16). The topological polar surface area (TPSA) is 73.6 Å². The zero-order valence-corrected chi connectivity index (χ0v) is 12.7. The molecule has 0 saturated carbocycles. The zero-order valence-electron chi connectivity index (χ0n) is 11.9. The van der Waals surface area contributed by atoms with Gasteiger partial charge in [-0.2, -0.15) is 0 Å². The van der Waals surface area contributed by atoms with Crippen LogP contribution < -0.4 is 11.1 Å². The van der Waals surface area contributed by atoms with E-state index in [0.29, 0.717) is 32.7 Å². The molecule has 1 fully saturated rings. The Labute approximate surface area is 120 Å². The Kier molecular flexibility index (Phi) is 6.16. The van der Waals surface area contributed by atoms with Crippen LogP contribution in [0.1, 0.15) is 26.7 Å². The van der Waals surface area contributed by atoms with E-state index in [4.69, 9.17) is 27.4 Å². The van der Waals surface area contributed by atoms with Crippen molar-refractivity contribution in [2.75, 3.05) is 26.9 Å². The molecule has 1 amide bonds. The summed E-state index contributed by atoms with van der Waals surface area (Å²) in [6, 6.07) is -0.0356. The summed E-state index contributed by atoms with van der Waals surface area (Å²) in [7, 11) is 1.62. The molecule has 0 bridgehead atoms. The monoisotopic (exact) mass is 288 g/mol. The molecule has 1 saturated heterocycles. The number of thiocarbonyl (C=S) groups is 1. The Bertz CT molecular complexity index is 328. The van der Waals surface area contributed by atoms with Crippen LogP contribution in [0.3, 0.4) is 0 Å². The Morgan fingerprint density at radius 2 is 2.05 bits per heavy atom. The van der Waals surface area contributed by atoms with E-state index in [1.165, 1.54) is 0 Å². The normalized spacial score (nSPS) is 20.0. The molecule has 1 aliphatic heterocycles. The van der Waals surface area contributed by atoms with Gasteiger partial charge in [-0.05, 0) is 18.8 Å². The minimum Gasteiger partial charge on any atom is -0.392 e. The molecule has 0 radical (unpaired) electrons. The highest BCUT2D eigenvalue weighted by atomic mass is 32.1. The molecule has 1 aliphatic rings. The number of nitrogens with one attached hydrogen (secondary N) is 1. The van der Waals surface area contributed by atoms with Crippen LogP contribution in [0.25, 0.3) is 0 Å². The molecule has 0 aliphatic carbocycles. The first-order valence-electron chi connectivity index (χ1n) is 6.61. The molecule has 1 unspecified atom stereocenters. The van der Waals surface area contributed by atoms with Crippen LogP contribution in [0.15, 0.2) is 0 Å². The maximum absolute atomic E-state index is 12.6. The molecule has 0 aromatic carbocycles. The zero-order chi connectivity index (χ0) is 14.5. The van der Waals surface area contributed by atoms with E-state index in [1.54, 1.807) is 7.11 Å². The first-order chi connectivity index (χ1) is 8.94. The molecule has 1 heterocycles. The summed E-state index contributed by atoms with van der Waals surface area (Å²) < 4.78 is 10.4. The van der Waals surface area contributed by atoms with Crippen molar-refractivity contribution in [3.05, 3.63) is 0 Å². The summed E-state index contributed by atoms with van der Waals surface area (Å²) in [5, 5.41) is 3.02. The highest BCUT2D eigenvalue weighted by Gasteiger charge is 2.43. The fraction of sp³-hybridized carbons (Fsp3) is 0.846. The highest BCUT2D eigenvalue weighted by molar-refractivity contribution is 7.80. The van der Waals surface area contributed by atoms with Crippen molar-refractivity contribution in [2.24, 2.45) is 17.1 Å². The van der Waals surface area contributed by atoms with Crippen molar-refractivity contribution >= 4 is 23.1 Å². The Hall–Kier alpha value is -0.720. The quantitative estimate of drug-likeness (QED) is 0.709. The van der Waals surface area contributed by atoms with Gasteiger partial charge < -0.3 is 20.5 Å². The van der Waals surface area contributed by atoms with Gasteiger partial charge in [0.1, 0.15) is 5.41 Å². The van der Waals surface area contributed by atoms with Crippen LogP contribution in [0.4, 0.5) is 0 Å². The average molecular weight is 288 g/mol. The van der Waals surface area contributed by atoms with E-state index >= 15 is 0 Å². The van der Waals surface area contributed by atoms with E-state index in [1.807, 2.05) is 13.8 Å². The van der Waals surface area contributed by atoms with Gasteiger partial charge >= 0.3 is 0 Å². The average Bonchev–Trinajstić information content (AvgIpc) is 2.38. The molecule has 6 heteroatoms. The number of ether oxygens (including phenoxy) is 2. The fourth-order valence-electron chi connectivity index (χ4n) is 2.19. The lowest BCUT2D eigenvalue weighted by Crippen LogP contribution is -2.55. The Morgan fingerprint density at radius 1 is 1.47 bits per heavy atom. The SMILES string of the molecule is COCC(NC(=O)C1(C(N)=S)CCOCC1)C(C)C. The van der Waals surface area contributed by atoms with Crippen LogP contribution in [0.2, 0.25) is 0 Å². The maximum Gasteiger partial charge on any atom is 0.233 e. The van der Waals surface area contributed by atoms with Crippen molar-refractivity contribution in [3.63, 3.8) is 0 Å². The second kappa shape index (κ2) is 7.17. The molecule has 0 spiro atoms. The van der Waals surface area contributed by atoms with Crippen LogP contribution in [0, 0.1) is 11.3 Å². The molecule has 110 valence electrons. The van der Waals surface area contributed by atoms with Crippen molar-refractivity contribution in [1.82, 2.24) is 5.32 Å². The van der Waals surface area contributed by atoms with E-state index < -0.39 is 5.41 Å². The molecular formula is C13H24N2O3S. The third-order valence-electron chi connectivity index (χ3n) is 3.72. The summed E-state index contributed by atoms with van der Waals surface area (Å²) in [5.41, 5.74) is 5.04. The first-order valence-corrected chi connectivity index (χ1v) is 7.02. The number of amides is 1. The minimum absolute atomic E-state index is 0.0356. The third-order valence-corrected chi connectivity index (χ3v) is 4.11. The molecule has 5 nitrogen and oxygen atoms in total. The van der Waals surface area contributed by atoms with Gasteiger partial charge in [0.05, 0.1) is 17.6 Å². The van der Waals surface area contributed by atoms with Gasteiger partial charge in [0.15, 0.2) is 0 Å². The van der Waals surface area contributed by atoms with Crippen molar-refractivity contribution < 1.29 is 14.3 Å². The number of carbonyl (C=O) groups is 1. The van der Waals surface area contributed by atoms with Gasteiger partial charge in [-0.1, -0.05) is 26.1 Å². The lowest BCUT2D eigenvalue weighted by molar-refractivity contribution is -0.133. The molecule has 0 aromatic rings. The largest absolute Gasteiger partial charge is 0.392 e. The number of hydrogen-bond acceptors (Lipinski definition) is 4. The van der Waals surface area contributed by atoms with E-state index in [-0.39, 0.29) is 22.9 Å². The van der Waals surface area contributed by atoms with Crippen LogP contribution in [-0.2, 0) is 14.3 Å². The van der Waals surface area contributed by atoms with Crippen molar-refractivity contribution in [1.29, 1.82) is 0 Å². The summed E-state index contributed by atoms with van der Waals surface area (Å²) >= 11 is 5.12. The second-order valence-corrected chi connectivity index (χ2v) is 5.78. The molecule has 3 N–H and O–H groups in total. The summed E-state index contributed by atoms with van der Waals surface area (Å²) in [4.78, 5) is 12.8. The number of methoxy groups -OCH3 is 1. The smallest absolute Gasteiger partial charge is 0.233 e. The molecule has 0 aromatic heterocycles. The third kappa shape index (κ3) is 3.87. The summed E-state index contributed by atoms with van der Waals surface area (Å²) in [6.45, 7) is 5.60. The Balaban J connectivity index is 2.79.